The molecular weight excluding hydrogens is 456 g/mol. The van der Waals surface area contributed by atoms with E-state index in [9.17, 15) is 24.0 Å². The second kappa shape index (κ2) is 10.1. The van der Waals surface area contributed by atoms with Crippen LogP contribution in [0.4, 0.5) is 4.79 Å². The number of rotatable bonds is 7. The smallest absolute Gasteiger partial charge is 0.333 e. The van der Waals surface area contributed by atoms with Crippen molar-refractivity contribution in [1.82, 2.24) is 29.3 Å². The number of nitrogens with one attached hydrogen (secondary N) is 2. The van der Waals surface area contributed by atoms with Crippen molar-refractivity contribution in [3.8, 4) is 0 Å². The minimum atomic E-state index is -1.24. The molecule has 33 heavy (non-hydrogen) atoms. The summed E-state index contributed by atoms with van der Waals surface area (Å²) in [5, 5.41) is 23.4. The van der Waals surface area contributed by atoms with Crippen molar-refractivity contribution in [2.45, 2.75) is 49.6 Å². The molecule has 2 aliphatic rings. The van der Waals surface area contributed by atoms with E-state index in [1.165, 1.54) is 17.9 Å². The van der Waals surface area contributed by atoms with Gasteiger partial charge in [-0.25, -0.2) is 19.1 Å². The van der Waals surface area contributed by atoms with Gasteiger partial charge < -0.3 is 25.4 Å². The van der Waals surface area contributed by atoms with E-state index in [0.29, 0.717) is 9.82 Å². The molecule has 0 saturated carbocycles. The largest absolute Gasteiger partial charge is 0.481 e. The summed E-state index contributed by atoms with van der Waals surface area (Å²) >= 11 is 1.87. The molecule has 0 unspecified atom stereocenters. The number of amides is 2. The normalized spacial score (nSPS) is 21.2. The second-order valence-electron chi connectivity index (χ2n) is 7.92. The van der Waals surface area contributed by atoms with E-state index in [1.54, 1.807) is 7.05 Å². The third kappa shape index (κ3) is 5.38. The van der Waals surface area contributed by atoms with E-state index < -0.39 is 29.7 Å². The van der Waals surface area contributed by atoms with Gasteiger partial charge in [0, 0.05) is 31.5 Å². The number of carboxylic acids is 2. The lowest BCUT2D eigenvalue weighted by Gasteiger charge is -2.16. The van der Waals surface area contributed by atoms with Gasteiger partial charge in [-0.1, -0.05) is 6.42 Å². The van der Waals surface area contributed by atoms with Gasteiger partial charge in [-0.3, -0.25) is 19.0 Å². The average molecular weight is 483 g/mol. The number of aromatic nitrogens is 4. The Labute approximate surface area is 191 Å². The number of unbranched alkanes of at least 4 members (excludes halogenated alkanes) is 1. The molecule has 2 aromatic heterocycles. The zero-order valence-corrected chi connectivity index (χ0v) is 19.0. The van der Waals surface area contributed by atoms with Gasteiger partial charge in [0.25, 0.3) is 5.56 Å². The average Bonchev–Trinajstić information content (AvgIpc) is 3.41. The summed E-state index contributed by atoms with van der Waals surface area (Å²) in [5.74, 6) is -1.01. The van der Waals surface area contributed by atoms with Gasteiger partial charge in [0.1, 0.15) is 6.54 Å². The summed E-state index contributed by atoms with van der Waals surface area (Å²) in [6, 6.07) is 0.440. The first-order valence-electron chi connectivity index (χ1n) is 10.3. The predicted octanol–water partition coefficient (Wildman–Crippen LogP) is -0.685. The number of imidazole rings is 1. The lowest BCUT2D eigenvalue weighted by molar-refractivity contribution is -0.138. The number of carboxylic acid groups (broad SMARTS) is 2. The minimum Gasteiger partial charge on any atom is -0.481 e. The minimum absolute atomic E-state index is 0.0640. The van der Waals surface area contributed by atoms with Gasteiger partial charge in [0.15, 0.2) is 11.2 Å². The van der Waals surface area contributed by atoms with Gasteiger partial charge in [0.2, 0.25) is 0 Å². The van der Waals surface area contributed by atoms with Crippen LogP contribution in [0.25, 0.3) is 11.2 Å². The molecule has 0 radical (unpaired) electrons. The zero-order valence-electron chi connectivity index (χ0n) is 18.2. The van der Waals surface area contributed by atoms with Crippen LogP contribution in [0.2, 0.25) is 0 Å². The topological polar surface area (TPSA) is 178 Å². The van der Waals surface area contributed by atoms with E-state index in [4.69, 9.17) is 10.2 Å². The monoisotopic (exact) mass is 482 g/mol. The Morgan fingerprint density at radius 1 is 1.15 bits per heavy atom. The number of thioether (sulfide) groups is 1. The van der Waals surface area contributed by atoms with Crippen LogP contribution in [-0.2, 0) is 30.2 Å². The van der Waals surface area contributed by atoms with Crippen LogP contribution in [0.5, 0.6) is 0 Å². The van der Waals surface area contributed by atoms with Gasteiger partial charge in [0.05, 0.1) is 18.4 Å². The molecule has 0 aromatic carbocycles. The summed E-state index contributed by atoms with van der Waals surface area (Å²) in [4.78, 5) is 59.7. The first-order chi connectivity index (χ1) is 15.6. The fourth-order valence-corrected chi connectivity index (χ4v) is 5.48. The number of hydrogen-bond acceptors (Lipinski definition) is 7. The number of aliphatic carboxylic acids is 2. The quantitative estimate of drug-likeness (QED) is 0.294. The summed E-state index contributed by atoms with van der Waals surface area (Å²) < 4.78 is 3.28. The molecule has 4 N–H and O–H groups in total. The molecule has 180 valence electrons. The summed E-state index contributed by atoms with van der Waals surface area (Å²) in [6.45, 7) is -0.660. The Morgan fingerprint density at radius 3 is 2.55 bits per heavy atom. The molecule has 4 heterocycles. The third-order valence-electron chi connectivity index (χ3n) is 5.56. The molecule has 3 atom stereocenters. The van der Waals surface area contributed by atoms with Crippen molar-refractivity contribution >= 4 is 40.9 Å². The summed E-state index contributed by atoms with van der Waals surface area (Å²) in [5.41, 5.74) is -0.897. The third-order valence-corrected chi connectivity index (χ3v) is 7.07. The van der Waals surface area contributed by atoms with Crippen molar-refractivity contribution < 1.29 is 24.6 Å². The number of hydrogen-bond donors (Lipinski definition) is 4. The summed E-state index contributed by atoms with van der Waals surface area (Å²) in [6.07, 6.45) is 4.28. The van der Waals surface area contributed by atoms with E-state index in [0.717, 1.165) is 29.6 Å². The Bertz CT molecular complexity index is 1190. The molecule has 2 aromatic rings. The number of fused-ring (bicyclic) bond motifs is 2. The van der Waals surface area contributed by atoms with Crippen LogP contribution in [0.3, 0.4) is 0 Å². The number of nitrogens with zero attached hydrogens (tertiary/aromatic N) is 4. The maximum atomic E-state index is 11.9. The van der Waals surface area contributed by atoms with Crippen molar-refractivity contribution in [2.75, 3.05) is 5.75 Å². The zero-order chi connectivity index (χ0) is 24.3. The first-order valence-corrected chi connectivity index (χ1v) is 11.4. The van der Waals surface area contributed by atoms with Gasteiger partial charge in [-0.2, -0.15) is 11.8 Å². The second-order valence-corrected chi connectivity index (χ2v) is 9.19. The SMILES string of the molecule is Cn1cnc2c1c(=O)n(CC(=O)O)c(=O)n2C.O=C(O)CCCC[C@@H]1SC[C@@H]2NC(=O)N[C@@H]21. The summed E-state index contributed by atoms with van der Waals surface area (Å²) in [7, 11) is 3.04. The van der Waals surface area contributed by atoms with Crippen molar-refractivity contribution in [2.24, 2.45) is 14.1 Å². The van der Waals surface area contributed by atoms with Crippen LogP contribution >= 0.6 is 11.8 Å². The molecule has 13 nitrogen and oxygen atoms in total. The van der Waals surface area contributed by atoms with Crippen LogP contribution < -0.4 is 21.9 Å². The van der Waals surface area contributed by atoms with Gasteiger partial charge >= 0.3 is 23.7 Å². The lowest BCUT2D eigenvalue weighted by atomic mass is 10.0. The number of carbonyl (C=O) groups is 3. The molecule has 2 fully saturated rings. The predicted molar refractivity (Wildman–Crippen MR) is 119 cm³/mol. The molecule has 0 aliphatic carbocycles. The molecule has 0 bridgehead atoms. The molecule has 4 rings (SSSR count). The van der Waals surface area contributed by atoms with Crippen molar-refractivity contribution in [3.63, 3.8) is 0 Å². The number of aryl methyl sites for hydroxylation is 2. The van der Waals surface area contributed by atoms with Crippen LogP contribution in [0.1, 0.15) is 25.7 Å². The highest BCUT2D eigenvalue weighted by atomic mass is 32.2. The Hall–Kier alpha value is -3.29. The highest BCUT2D eigenvalue weighted by molar-refractivity contribution is 8.00. The van der Waals surface area contributed by atoms with E-state index >= 15 is 0 Å². The van der Waals surface area contributed by atoms with Crippen molar-refractivity contribution in [3.05, 3.63) is 27.2 Å². The van der Waals surface area contributed by atoms with Crippen LogP contribution in [0, 0.1) is 0 Å². The first kappa shape index (κ1) is 24.4. The highest BCUT2D eigenvalue weighted by Crippen LogP contribution is 2.33. The fourth-order valence-electron chi connectivity index (χ4n) is 3.94. The lowest BCUT2D eigenvalue weighted by Crippen LogP contribution is -2.41. The van der Waals surface area contributed by atoms with E-state index in [1.807, 2.05) is 11.8 Å². The number of carbonyl (C=O) groups excluding carboxylic acids is 1. The Kier molecular flexibility index (Phi) is 7.46. The molecule has 14 heteroatoms. The van der Waals surface area contributed by atoms with Crippen LogP contribution in [-0.4, -0.2) is 70.0 Å². The van der Waals surface area contributed by atoms with Gasteiger partial charge in [-0.05, 0) is 12.8 Å². The molecule has 2 aliphatic heterocycles. The van der Waals surface area contributed by atoms with Crippen LogP contribution in [0.15, 0.2) is 15.9 Å². The fraction of sp³-hybridized carbons (Fsp3) is 0.579. The van der Waals surface area contributed by atoms with Crippen molar-refractivity contribution in [1.29, 1.82) is 0 Å². The highest BCUT2D eigenvalue weighted by Gasteiger charge is 2.42. The molecule has 2 saturated heterocycles. The molecular formula is C19H26N6O7S. The maximum Gasteiger partial charge on any atom is 0.333 e. The maximum absolute atomic E-state index is 11.9. The van der Waals surface area contributed by atoms with E-state index in [2.05, 4.69) is 15.6 Å². The Balaban J connectivity index is 0.000000186. The molecule has 0 spiro atoms. The van der Waals surface area contributed by atoms with E-state index in [-0.39, 0.29) is 35.7 Å². The Morgan fingerprint density at radius 2 is 1.88 bits per heavy atom. The molecule has 2 amide bonds. The number of urea groups is 1. The standard InChI is InChI=1S/C10H16N2O3S.C9H10N4O4/c13-8(14)4-2-1-3-7-9-6(5-16-7)11-10(15)12-9;1-11-4-10-7-6(11)8(16)13(3-5(14)15)9(17)12(7)2/h6-7,9H,1-5H2,(H,13,14)(H2,11,12,15);4H,3H2,1-2H3,(H,14,15)/t6-,7-,9-;/m0./s1. The van der Waals surface area contributed by atoms with Gasteiger partial charge in [-0.15, -0.1) is 0 Å².